The van der Waals surface area contributed by atoms with Crippen molar-refractivity contribution in [1.29, 1.82) is 10.7 Å². The Kier molecular flexibility index (Phi) is 4.72. The van der Waals surface area contributed by atoms with Crippen LogP contribution in [0, 0.1) is 16.7 Å². The van der Waals surface area contributed by atoms with Crippen molar-refractivity contribution in [3.63, 3.8) is 0 Å². The summed E-state index contributed by atoms with van der Waals surface area (Å²) >= 11 is 1.56. The molecule has 0 bridgehead atoms. The molecular weight excluding hydrogens is 424 g/mol. The highest BCUT2D eigenvalue weighted by molar-refractivity contribution is 7.10. The number of carbonyl (C=O) groups is 1. The van der Waals surface area contributed by atoms with Crippen LogP contribution in [0.3, 0.4) is 0 Å². The number of benzene rings is 1. The molecule has 1 saturated heterocycles. The lowest BCUT2D eigenvalue weighted by atomic mass is 9.67. The molecule has 160 valence electrons. The van der Waals surface area contributed by atoms with Gasteiger partial charge in [-0.05, 0) is 40.8 Å². The summed E-state index contributed by atoms with van der Waals surface area (Å²) in [6.45, 7) is 2.21. The van der Waals surface area contributed by atoms with Crippen molar-refractivity contribution in [3.8, 4) is 28.7 Å². The highest BCUT2D eigenvalue weighted by Gasteiger charge is 2.49. The molecule has 1 unspecified atom stereocenters. The molecule has 3 aromatic rings. The molecule has 2 atom stereocenters. The van der Waals surface area contributed by atoms with Gasteiger partial charge in [-0.15, -0.1) is 11.3 Å². The molecule has 1 N–H and O–H groups in total. The number of nitrogens with zero attached hydrogens (tertiary/aromatic N) is 3. The van der Waals surface area contributed by atoms with E-state index in [0.29, 0.717) is 23.5 Å². The van der Waals surface area contributed by atoms with Gasteiger partial charge in [0.25, 0.3) is 0 Å². The summed E-state index contributed by atoms with van der Waals surface area (Å²) in [7, 11) is 1.66. The monoisotopic (exact) mass is 444 g/mol. The quantitative estimate of drug-likeness (QED) is 0.650. The van der Waals surface area contributed by atoms with Gasteiger partial charge in [0.05, 0.1) is 11.5 Å². The number of amides is 1. The average Bonchev–Trinajstić information content (AvgIpc) is 3.47. The predicted octanol–water partition coefficient (Wildman–Crippen LogP) is 4.29. The number of fused-ring (bicyclic) bond motifs is 1. The zero-order valence-corrected chi connectivity index (χ0v) is 18.4. The van der Waals surface area contributed by atoms with E-state index in [9.17, 15) is 10.1 Å². The largest absolute Gasteiger partial charge is 0.454 e. The van der Waals surface area contributed by atoms with E-state index in [1.54, 1.807) is 30.6 Å². The molecular formula is C24H20N4O3S. The smallest absolute Gasteiger partial charge is 0.236 e. The summed E-state index contributed by atoms with van der Waals surface area (Å²) in [5.41, 5.74) is 2.51. The number of hydrogen-bond acceptors (Lipinski definition) is 7. The van der Waals surface area contributed by atoms with Crippen LogP contribution in [0.25, 0.3) is 11.1 Å². The Morgan fingerprint density at radius 1 is 1.22 bits per heavy atom. The average molecular weight is 445 g/mol. The predicted molar refractivity (Wildman–Crippen MR) is 120 cm³/mol. The van der Waals surface area contributed by atoms with Gasteiger partial charge in [-0.3, -0.25) is 15.2 Å². The van der Waals surface area contributed by atoms with Crippen LogP contribution in [-0.2, 0) is 10.2 Å². The van der Waals surface area contributed by atoms with E-state index in [0.717, 1.165) is 21.6 Å². The van der Waals surface area contributed by atoms with E-state index in [4.69, 9.17) is 14.9 Å². The first-order valence-electron chi connectivity index (χ1n) is 10.1. The molecule has 32 heavy (non-hydrogen) atoms. The summed E-state index contributed by atoms with van der Waals surface area (Å²) < 4.78 is 11.0. The maximum absolute atomic E-state index is 13.5. The van der Waals surface area contributed by atoms with E-state index in [-0.39, 0.29) is 18.5 Å². The molecule has 4 heterocycles. The second-order valence-corrected chi connectivity index (χ2v) is 9.17. The number of hydrogen-bond donors (Lipinski definition) is 1. The second kappa shape index (κ2) is 7.46. The first kappa shape index (κ1) is 20.2. The van der Waals surface area contributed by atoms with Crippen molar-refractivity contribution >= 4 is 23.1 Å². The Morgan fingerprint density at radius 3 is 2.84 bits per heavy atom. The van der Waals surface area contributed by atoms with Gasteiger partial charge in [0.2, 0.25) is 12.7 Å². The zero-order chi connectivity index (χ0) is 22.5. The number of rotatable bonds is 3. The molecule has 5 rings (SSSR count). The summed E-state index contributed by atoms with van der Waals surface area (Å²) in [5, 5.41) is 19.7. The third-order valence-corrected chi connectivity index (χ3v) is 7.46. The number of likely N-dealkylation sites (N-methyl/N-ethyl adjacent to an activating group) is 1. The standard InChI is InChI=1S/C24H20N4O3S/c1-24(20-7-17(12-32-20)16-5-14(9-25)10-27-11-16)8-21(26)28(2)23(29)22(24)15-3-4-18-19(6-15)31-13-30-18/h3-7,10-12,22,26H,8,13H2,1-2H3/t22?,24-/m1/s1. The molecule has 1 amide bonds. The molecule has 2 aliphatic heterocycles. The first-order chi connectivity index (χ1) is 15.4. The minimum Gasteiger partial charge on any atom is -0.454 e. The highest BCUT2D eigenvalue weighted by Crippen LogP contribution is 2.50. The van der Waals surface area contributed by atoms with Crippen molar-refractivity contribution in [2.75, 3.05) is 13.8 Å². The van der Waals surface area contributed by atoms with Crippen LogP contribution in [0.15, 0.2) is 48.1 Å². The topological polar surface area (TPSA) is 99.3 Å². The summed E-state index contributed by atoms with van der Waals surface area (Å²) in [6, 6.07) is 11.6. The Balaban J connectivity index is 1.60. The molecule has 0 saturated carbocycles. The number of aromatic nitrogens is 1. The van der Waals surface area contributed by atoms with Crippen LogP contribution in [-0.4, -0.2) is 35.5 Å². The van der Waals surface area contributed by atoms with Crippen molar-refractivity contribution in [2.24, 2.45) is 0 Å². The third-order valence-electron chi connectivity index (χ3n) is 6.25. The minimum atomic E-state index is -0.614. The van der Waals surface area contributed by atoms with Gasteiger partial charge in [-0.2, -0.15) is 5.26 Å². The molecule has 0 radical (unpaired) electrons. The van der Waals surface area contributed by atoms with E-state index in [1.807, 2.05) is 30.5 Å². The number of piperidine rings is 1. The zero-order valence-electron chi connectivity index (χ0n) is 17.6. The van der Waals surface area contributed by atoms with Gasteiger partial charge in [0, 0.05) is 41.7 Å². The SMILES string of the molecule is CN1C(=N)C[C@](C)(c2cc(-c3cncc(C#N)c3)cs2)C(c2ccc3c(c2)OCO3)C1=O. The van der Waals surface area contributed by atoms with Crippen LogP contribution < -0.4 is 9.47 Å². The van der Waals surface area contributed by atoms with Crippen LogP contribution in [0.4, 0.5) is 0 Å². The van der Waals surface area contributed by atoms with Crippen LogP contribution in [0.5, 0.6) is 11.5 Å². The fourth-order valence-corrected chi connectivity index (χ4v) is 5.56. The lowest BCUT2D eigenvalue weighted by molar-refractivity contribution is -0.131. The number of thiophene rings is 1. The van der Waals surface area contributed by atoms with E-state index in [1.165, 1.54) is 11.1 Å². The Morgan fingerprint density at radius 2 is 2.03 bits per heavy atom. The molecule has 8 heteroatoms. The lowest BCUT2D eigenvalue weighted by Crippen LogP contribution is -2.51. The maximum atomic E-state index is 13.5. The van der Waals surface area contributed by atoms with E-state index >= 15 is 0 Å². The van der Waals surface area contributed by atoms with Gasteiger partial charge >= 0.3 is 0 Å². The number of pyridine rings is 1. The molecule has 0 aliphatic carbocycles. The molecule has 2 aromatic heterocycles. The van der Waals surface area contributed by atoms with Crippen molar-refractivity contribution in [3.05, 3.63) is 64.1 Å². The molecule has 1 aromatic carbocycles. The number of nitriles is 1. The minimum absolute atomic E-state index is 0.120. The van der Waals surface area contributed by atoms with Crippen LogP contribution in [0.2, 0.25) is 0 Å². The number of ether oxygens (including phenoxy) is 2. The van der Waals surface area contributed by atoms with Gasteiger partial charge in [0.1, 0.15) is 11.9 Å². The van der Waals surface area contributed by atoms with E-state index in [2.05, 4.69) is 17.1 Å². The third kappa shape index (κ3) is 3.13. The van der Waals surface area contributed by atoms with Gasteiger partial charge in [0.15, 0.2) is 11.5 Å². The number of carbonyl (C=O) groups excluding carboxylic acids is 1. The molecule has 1 fully saturated rings. The normalized spacial score (nSPS) is 22.2. The fraction of sp³-hybridized carbons (Fsp3) is 0.250. The summed E-state index contributed by atoms with van der Waals surface area (Å²) in [4.78, 5) is 20.1. The van der Waals surface area contributed by atoms with Gasteiger partial charge in [-0.1, -0.05) is 13.0 Å². The Bertz CT molecular complexity index is 1290. The molecule has 0 spiro atoms. The van der Waals surface area contributed by atoms with Crippen LogP contribution >= 0.6 is 11.3 Å². The van der Waals surface area contributed by atoms with E-state index < -0.39 is 11.3 Å². The number of amidine groups is 1. The summed E-state index contributed by atoms with van der Waals surface area (Å²) in [6.07, 6.45) is 3.68. The molecule has 7 nitrogen and oxygen atoms in total. The van der Waals surface area contributed by atoms with Gasteiger partial charge in [-0.25, -0.2) is 0 Å². The molecule has 2 aliphatic rings. The Hall–Kier alpha value is -3.70. The van der Waals surface area contributed by atoms with Crippen molar-refractivity contribution in [2.45, 2.75) is 24.7 Å². The second-order valence-electron chi connectivity index (χ2n) is 8.26. The van der Waals surface area contributed by atoms with Crippen molar-refractivity contribution in [1.82, 2.24) is 9.88 Å². The highest BCUT2D eigenvalue weighted by atomic mass is 32.1. The lowest BCUT2D eigenvalue weighted by Gasteiger charge is -2.44. The van der Waals surface area contributed by atoms with Crippen LogP contribution in [0.1, 0.15) is 35.3 Å². The van der Waals surface area contributed by atoms with Gasteiger partial charge < -0.3 is 14.4 Å². The summed E-state index contributed by atoms with van der Waals surface area (Å²) in [5.74, 6) is 0.991. The fourth-order valence-electron chi connectivity index (χ4n) is 4.45. The first-order valence-corrected chi connectivity index (χ1v) is 11.0. The number of nitrogens with one attached hydrogen (secondary N) is 1. The number of likely N-dealkylation sites (tertiary alicyclic amines) is 1. The maximum Gasteiger partial charge on any atom is 0.236 e. The van der Waals surface area contributed by atoms with Crippen molar-refractivity contribution < 1.29 is 14.3 Å². The Labute approximate surface area is 189 Å².